The summed E-state index contributed by atoms with van der Waals surface area (Å²) in [6.07, 6.45) is 1.07. The Morgan fingerprint density at radius 1 is 0.619 bits per heavy atom. The highest BCUT2D eigenvalue weighted by atomic mass is 79.9. The molecule has 1 aliphatic carbocycles. The maximum absolute atomic E-state index is 3.52. The van der Waals surface area contributed by atoms with Crippen LogP contribution in [0.4, 0.5) is 0 Å². The molecule has 0 aliphatic heterocycles. The second-order valence-electron chi connectivity index (χ2n) is 5.50. The van der Waals surface area contributed by atoms with Gasteiger partial charge in [-0.05, 0) is 66.8 Å². The first-order valence-electron chi connectivity index (χ1n) is 6.98. The standard InChI is InChI=1S/C19H16Br2/c1-12-11-13(2)19(15-5-9-17(21)10-6-15)18(12)14-3-7-16(20)8-4-14/h3-10H,11H2,1-2H3. The molecule has 0 aromatic heterocycles. The van der Waals surface area contributed by atoms with Crippen molar-refractivity contribution in [3.05, 3.63) is 79.7 Å². The van der Waals surface area contributed by atoms with Crippen LogP contribution in [0.3, 0.4) is 0 Å². The van der Waals surface area contributed by atoms with E-state index in [0.29, 0.717) is 0 Å². The fourth-order valence-electron chi connectivity index (χ4n) is 3.02. The molecule has 0 nitrogen and oxygen atoms in total. The number of rotatable bonds is 2. The van der Waals surface area contributed by atoms with Gasteiger partial charge in [0.2, 0.25) is 0 Å². The van der Waals surface area contributed by atoms with Crippen molar-refractivity contribution in [1.29, 1.82) is 0 Å². The van der Waals surface area contributed by atoms with Crippen LogP contribution in [0.5, 0.6) is 0 Å². The van der Waals surface area contributed by atoms with Gasteiger partial charge in [-0.25, -0.2) is 0 Å². The van der Waals surface area contributed by atoms with Crippen molar-refractivity contribution >= 4 is 43.0 Å². The number of hydrogen-bond acceptors (Lipinski definition) is 0. The van der Waals surface area contributed by atoms with Gasteiger partial charge in [-0.15, -0.1) is 0 Å². The molecule has 3 rings (SSSR count). The zero-order valence-corrected chi connectivity index (χ0v) is 15.3. The van der Waals surface area contributed by atoms with Crippen molar-refractivity contribution in [3.8, 4) is 0 Å². The van der Waals surface area contributed by atoms with Crippen LogP contribution in [0.25, 0.3) is 11.1 Å². The summed E-state index contributed by atoms with van der Waals surface area (Å²) in [7, 11) is 0. The second kappa shape index (κ2) is 5.94. The van der Waals surface area contributed by atoms with Gasteiger partial charge in [0.05, 0.1) is 0 Å². The van der Waals surface area contributed by atoms with Crippen molar-refractivity contribution < 1.29 is 0 Å². The number of halogens is 2. The molecule has 0 atom stereocenters. The van der Waals surface area contributed by atoms with E-state index >= 15 is 0 Å². The lowest BCUT2D eigenvalue weighted by atomic mass is 9.92. The molecule has 0 amide bonds. The molecule has 0 radical (unpaired) electrons. The van der Waals surface area contributed by atoms with Crippen molar-refractivity contribution in [2.24, 2.45) is 0 Å². The summed E-state index contributed by atoms with van der Waals surface area (Å²) < 4.78 is 2.24. The first-order valence-corrected chi connectivity index (χ1v) is 8.56. The van der Waals surface area contributed by atoms with Crippen LogP contribution in [0.2, 0.25) is 0 Å². The molecule has 0 unspecified atom stereocenters. The summed E-state index contributed by atoms with van der Waals surface area (Å²) in [5.41, 5.74) is 8.28. The lowest BCUT2D eigenvalue weighted by molar-refractivity contribution is 1.15. The summed E-state index contributed by atoms with van der Waals surface area (Å²) in [5, 5.41) is 0. The molecule has 106 valence electrons. The van der Waals surface area contributed by atoms with Crippen LogP contribution in [0, 0.1) is 0 Å². The number of benzene rings is 2. The third kappa shape index (κ3) is 2.93. The minimum absolute atomic E-state index is 1.07. The van der Waals surface area contributed by atoms with Crippen LogP contribution in [0.15, 0.2) is 68.6 Å². The molecule has 0 N–H and O–H groups in total. The zero-order chi connectivity index (χ0) is 15.0. The molecule has 2 aromatic rings. The first kappa shape index (κ1) is 14.8. The van der Waals surface area contributed by atoms with Crippen LogP contribution in [0.1, 0.15) is 31.4 Å². The number of allylic oxidation sites excluding steroid dienone is 4. The summed E-state index contributed by atoms with van der Waals surface area (Å²) >= 11 is 7.03. The van der Waals surface area contributed by atoms with Gasteiger partial charge >= 0.3 is 0 Å². The first-order chi connectivity index (χ1) is 10.1. The summed E-state index contributed by atoms with van der Waals surface area (Å²) in [5.74, 6) is 0. The Labute approximate surface area is 142 Å². The molecule has 0 bridgehead atoms. The van der Waals surface area contributed by atoms with Gasteiger partial charge in [-0.2, -0.15) is 0 Å². The average molecular weight is 404 g/mol. The lowest BCUT2D eigenvalue weighted by Gasteiger charge is -2.13. The smallest absolute Gasteiger partial charge is 0.0175 e. The van der Waals surface area contributed by atoms with E-state index in [2.05, 4.69) is 94.2 Å². The normalized spacial score (nSPS) is 15.0. The molecule has 0 saturated heterocycles. The van der Waals surface area contributed by atoms with Gasteiger partial charge < -0.3 is 0 Å². The third-order valence-corrected chi connectivity index (χ3v) is 4.96. The Bertz CT molecular complexity index is 667. The molecule has 2 aromatic carbocycles. The SMILES string of the molecule is CC1=C(c2ccc(Br)cc2)C(c2ccc(Br)cc2)=C(C)C1. The topological polar surface area (TPSA) is 0 Å². The molecule has 0 heterocycles. The van der Waals surface area contributed by atoms with E-state index in [0.717, 1.165) is 15.4 Å². The van der Waals surface area contributed by atoms with Gasteiger partial charge in [0, 0.05) is 8.95 Å². The molecule has 21 heavy (non-hydrogen) atoms. The van der Waals surface area contributed by atoms with E-state index in [1.165, 1.54) is 33.4 Å². The summed E-state index contributed by atoms with van der Waals surface area (Å²) in [6, 6.07) is 17.2. The Balaban J connectivity index is 2.11. The molecule has 1 aliphatic rings. The van der Waals surface area contributed by atoms with Crippen LogP contribution < -0.4 is 0 Å². The number of hydrogen-bond donors (Lipinski definition) is 0. The highest BCUT2D eigenvalue weighted by molar-refractivity contribution is 9.10. The minimum atomic E-state index is 1.07. The summed E-state index contributed by atoms with van der Waals surface area (Å²) in [4.78, 5) is 0. The Kier molecular flexibility index (Phi) is 4.19. The van der Waals surface area contributed by atoms with E-state index in [9.17, 15) is 0 Å². The predicted octanol–water partition coefficient (Wildman–Crippen LogP) is 6.86. The van der Waals surface area contributed by atoms with Crippen molar-refractivity contribution in [2.45, 2.75) is 20.3 Å². The maximum Gasteiger partial charge on any atom is 0.0175 e. The van der Waals surface area contributed by atoms with Gasteiger partial charge in [0.25, 0.3) is 0 Å². The maximum atomic E-state index is 3.52. The van der Waals surface area contributed by atoms with E-state index < -0.39 is 0 Å². The minimum Gasteiger partial charge on any atom is -0.0608 e. The van der Waals surface area contributed by atoms with Crippen LogP contribution in [-0.4, -0.2) is 0 Å². The Morgan fingerprint density at radius 2 is 0.952 bits per heavy atom. The second-order valence-corrected chi connectivity index (χ2v) is 7.33. The fourth-order valence-corrected chi connectivity index (χ4v) is 3.54. The highest BCUT2D eigenvalue weighted by Crippen LogP contribution is 2.44. The molecular weight excluding hydrogens is 388 g/mol. The van der Waals surface area contributed by atoms with Gasteiger partial charge in [0.15, 0.2) is 0 Å². The van der Waals surface area contributed by atoms with E-state index in [1.54, 1.807) is 0 Å². The van der Waals surface area contributed by atoms with Gasteiger partial charge in [-0.1, -0.05) is 67.3 Å². The van der Waals surface area contributed by atoms with E-state index in [-0.39, 0.29) is 0 Å². The summed E-state index contributed by atoms with van der Waals surface area (Å²) in [6.45, 7) is 4.49. The Hall–Kier alpha value is -1.12. The van der Waals surface area contributed by atoms with E-state index in [1.807, 2.05) is 0 Å². The van der Waals surface area contributed by atoms with Crippen LogP contribution in [-0.2, 0) is 0 Å². The van der Waals surface area contributed by atoms with Gasteiger partial charge in [-0.3, -0.25) is 0 Å². The zero-order valence-electron chi connectivity index (χ0n) is 12.1. The molecule has 0 fully saturated rings. The lowest BCUT2D eigenvalue weighted by Crippen LogP contribution is -1.90. The fraction of sp³-hybridized carbons (Fsp3) is 0.158. The molecule has 2 heteroatoms. The molecule has 0 spiro atoms. The largest absolute Gasteiger partial charge is 0.0608 e. The Morgan fingerprint density at radius 3 is 1.29 bits per heavy atom. The van der Waals surface area contributed by atoms with Crippen LogP contribution >= 0.6 is 31.9 Å². The molecular formula is C19H16Br2. The van der Waals surface area contributed by atoms with Crippen molar-refractivity contribution in [3.63, 3.8) is 0 Å². The average Bonchev–Trinajstić information content (AvgIpc) is 2.75. The van der Waals surface area contributed by atoms with Crippen molar-refractivity contribution in [2.75, 3.05) is 0 Å². The highest BCUT2D eigenvalue weighted by Gasteiger charge is 2.22. The third-order valence-electron chi connectivity index (χ3n) is 3.90. The predicted molar refractivity (Wildman–Crippen MR) is 98.1 cm³/mol. The van der Waals surface area contributed by atoms with Gasteiger partial charge in [0.1, 0.15) is 0 Å². The molecule has 0 saturated carbocycles. The van der Waals surface area contributed by atoms with E-state index in [4.69, 9.17) is 0 Å². The monoisotopic (exact) mass is 402 g/mol. The quantitative estimate of drug-likeness (QED) is 0.513. The van der Waals surface area contributed by atoms with Crippen molar-refractivity contribution in [1.82, 2.24) is 0 Å².